The molecule has 0 amide bonds. The lowest BCUT2D eigenvalue weighted by atomic mass is 9.42. The summed E-state index contributed by atoms with van der Waals surface area (Å²) in [5.74, 6) is 2.88. The van der Waals surface area contributed by atoms with Crippen molar-refractivity contribution >= 4 is 0 Å². The van der Waals surface area contributed by atoms with E-state index in [9.17, 15) is 0 Å². The third-order valence-corrected chi connectivity index (χ3v) is 10.7. The molecule has 2 aliphatic heterocycles. The Balaban J connectivity index is 1.33. The van der Waals surface area contributed by atoms with Crippen LogP contribution in [0, 0.1) is 40.4 Å². The maximum Gasteiger partial charge on any atom is 0.174 e. The summed E-state index contributed by atoms with van der Waals surface area (Å²) in [4.78, 5) is 0. The molecule has 1 unspecified atom stereocenters. The van der Waals surface area contributed by atoms with Crippen LogP contribution in [0.1, 0.15) is 65.2 Å². The van der Waals surface area contributed by atoms with Crippen molar-refractivity contribution in [2.75, 3.05) is 26.4 Å². The SMILES string of the molecule is C=C[C@H]1C[C@@H]2[C@H](CC[C@@]3(C)[C@H]2CCC32OCCO2)[C@@]2(C)CCC3(CC12)OCCO3. The minimum absolute atomic E-state index is 0.174. The third-order valence-electron chi connectivity index (χ3n) is 10.7. The van der Waals surface area contributed by atoms with E-state index in [1.54, 1.807) is 0 Å². The molecule has 6 rings (SSSR count). The quantitative estimate of drug-likeness (QED) is 0.583. The molecule has 0 aromatic carbocycles. The molecular weight excluding hydrogens is 364 g/mol. The first kappa shape index (κ1) is 19.3. The molecule has 2 heterocycles. The molecule has 4 nitrogen and oxygen atoms in total. The van der Waals surface area contributed by atoms with Crippen LogP contribution in [0.3, 0.4) is 0 Å². The first-order valence-corrected chi connectivity index (χ1v) is 12.1. The number of ether oxygens (including phenoxy) is 4. The standard InChI is InChI=1S/C25H38O4/c1-4-17-15-18-19(22(2)9-10-24(16-21(17)22)26-11-12-27-24)5-7-23(3)20(18)6-8-25(23)28-13-14-29-25/h4,17-21H,1,5-16H2,2-3H3/t17-,18+,19-,20-,21?,22+,23-/m0/s1. The van der Waals surface area contributed by atoms with Crippen LogP contribution in [-0.4, -0.2) is 38.0 Å². The van der Waals surface area contributed by atoms with Gasteiger partial charge in [0.25, 0.3) is 0 Å². The molecule has 29 heavy (non-hydrogen) atoms. The second kappa shape index (κ2) is 6.31. The molecule has 162 valence electrons. The number of allylic oxidation sites excluding steroid dienone is 1. The second-order valence-corrected chi connectivity index (χ2v) is 11.4. The molecule has 2 spiro atoms. The summed E-state index contributed by atoms with van der Waals surface area (Å²) in [7, 11) is 0. The van der Waals surface area contributed by atoms with Crippen LogP contribution >= 0.6 is 0 Å². The Morgan fingerprint density at radius 3 is 2.21 bits per heavy atom. The first-order chi connectivity index (χ1) is 14.0. The smallest absolute Gasteiger partial charge is 0.174 e. The van der Waals surface area contributed by atoms with Crippen LogP contribution in [0.15, 0.2) is 12.7 Å². The van der Waals surface area contributed by atoms with Crippen molar-refractivity contribution < 1.29 is 18.9 Å². The van der Waals surface area contributed by atoms with Crippen LogP contribution in [0.4, 0.5) is 0 Å². The van der Waals surface area contributed by atoms with E-state index in [1.165, 1.54) is 32.1 Å². The zero-order valence-electron chi connectivity index (χ0n) is 18.3. The predicted molar refractivity (Wildman–Crippen MR) is 110 cm³/mol. The van der Waals surface area contributed by atoms with E-state index in [2.05, 4.69) is 26.5 Å². The van der Waals surface area contributed by atoms with E-state index in [-0.39, 0.29) is 17.0 Å². The number of hydrogen-bond acceptors (Lipinski definition) is 4. The van der Waals surface area contributed by atoms with Gasteiger partial charge >= 0.3 is 0 Å². The van der Waals surface area contributed by atoms with Gasteiger partial charge in [0.15, 0.2) is 11.6 Å². The molecule has 0 aromatic rings. The van der Waals surface area contributed by atoms with Crippen LogP contribution in [-0.2, 0) is 18.9 Å². The molecule has 0 N–H and O–H groups in total. The maximum absolute atomic E-state index is 6.33. The van der Waals surface area contributed by atoms with E-state index < -0.39 is 0 Å². The van der Waals surface area contributed by atoms with Gasteiger partial charge in [-0.1, -0.05) is 19.9 Å². The zero-order chi connectivity index (χ0) is 19.9. The molecule has 4 heteroatoms. The lowest BCUT2D eigenvalue weighted by Gasteiger charge is -2.64. The van der Waals surface area contributed by atoms with Gasteiger partial charge in [-0.2, -0.15) is 0 Å². The summed E-state index contributed by atoms with van der Waals surface area (Å²) in [6, 6.07) is 0. The molecule has 7 atom stereocenters. The summed E-state index contributed by atoms with van der Waals surface area (Å²) in [6.45, 7) is 12.5. The molecule has 4 saturated carbocycles. The molecular formula is C25H38O4. The van der Waals surface area contributed by atoms with Crippen molar-refractivity contribution in [1.29, 1.82) is 0 Å². The molecule has 2 saturated heterocycles. The van der Waals surface area contributed by atoms with Crippen LogP contribution < -0.4 is 0 Å². The van der Waals surface area contributed by atoms with E-state index in [0.29, 0.717) is 17.3 Å². The van der Waals surface area contributed by atoms with E-state index in [0.717, 1.165) is 63.4 Å². The Hall–Kier alpha value is -0.420. The molecule has 6 fully saturated rings. The summed E-state index contributed by atoms with van der Waals surface area (Å²) >= 11 is 0. The fraction of sp³-hybridized carbons (Fsp3) is 0.920. The van der Waals surface area contributed by atoms with Gasteiger partial charge < -0.3 is 18.9 Å². The van der Waals surface area contributed by atoms with Gasteiger partial charge in [0, 0.05) is 24.7 Å². The highest BCUT2D eigenvalue weighted by Crippen LogP contribution is 2.71. The summed E-state index contributed by atoms with van der Waals surface area (Å²) in [5.41, 5.74) is 0.546. The summed E-state index contributed by atoms with van der Waals surface area (Å²) in [5, 5.41) is 0. The molecule has 0 radical (unpaired) electrons. The summed E-state index contributed by atoms with van der Waals surface area (Å²) in [6.07, 6.45) is 11.8. The fourth-order valence-corrected chi connectivity index (χ4v) is 9.23. The van der Waals surface area contributed by atoms with Crippen molar-refractivity contribution in [3.63, 3.8) is 0 Å². The minimum atomic E-state index is -0.301. The lowest BCUT2D eigenvalue weighted by Crippen LogP contribution is -2.60. The summed E-state index contributed by atoms with van der Waals surface area (Å²) < 4.78 is 25.0. The minimum Gasteiger partial charge on any atom is -0.348 e. The molecule has 0 aromatic heterocycles. The second-order valence-electron chi connectivity index (χ2n) is 11.4. The highest BCUT2D eigenvalue weighted by Gasteiger charge is 2.68. The van der Waals surface area contributed by atoms with Gasteiger partial charge in [-0.05, 0) is 67.1 Å². The first-order valence-electron chi connectivity index (χ1n) is 12.1. The average Bonchev–Trinajstić information content (AvgIpc) is 3.44. The van der Waals surface area contributed by atoms with Crippen molar-refractivity contribution in [1.82, 2.24) is 0 Å². The van der Waals surface area contributed by atoms with Crippen LogP contribution in [0.2, 0.25) is 0 Å². The van der Waals surface area contributed by atoms with Crippen molar-refractivity contribution in [3.8, 4) is 0 Å². The Kier molecular flexibility index (Phi) is 4.19. The molecule has 4 aliphatic carbocycles. The number of fused-ring (bicyclic) bond motifs is 6. The number of rotatable bonds is 1. The Bertz CT molecular complexity index is 678. The van der Waals surface area contributed by atoms with Crippen LogP contribution in [0.25, 0.3) is 0 Å². The fourth-order valence-electron chi connectivity index (χ4n) is 9.23. The maximum atomic E-state index is 6.33. The van der Waals surface area contributed by atoms with E-state index >= 15 is 0 Å². The average molecular weight is 403 g/mol. The highest BCUT2D eigenvalue weighted by molar-refractivity contribution is 5.15. The Morgan fingerprint density at radius 1 is 0.793 bits per heavy atom. The molecule has 0 bridgehead atoms. The lowest BCUT2D eigenvalue weighted by molar-refractivity contribution is -0.262. The highest BCUT2D eigenvalue weighted by atomic mass is 16.7. The van der Waals surface area contributed by atoms with Gasteiger partial charge in [-0.3, -0.25) is 0 Å². The Labute approximate surface area is 175 Å². The molecule has 6 aliphatic rings. The third kappa shape index (κ3) is 2.41. The monoisotopic (exact) mass is 402 g/mol. The largest absolute Gasteiger partial charge is 0.348 e. The topological polar surface area (TPSA) is 36.9 Å². The van der Waals surface area contributed by atoms with Gasteiger partial charge in [-0.25, -0.2) is 0 Å². The Morgan fingerprint density at radius 2 is 1.48 bits per heavy atom. The van der Waals surface area contributed by atoms with Gasteiger partial charge in [0.2, 0.25) is 0 Å². The van der Waals surface area contributed by atoms with Gasteiger partial charge in [-0.15, -0.1) is 6.58 Å². The van der Waals surface area contributed by atoms with Crippen molar-refractivity contribution in [2.24, 2.45) is 40.4 Å². The van der Waals surface area contributed by atoms with Gasteiger partial charge in [0.1, 0.15) is 0 Å². The van der Waals surface area contributed by atoms with E-state index in [4.69, 9.17) is 18.9 Å². The normalized spacial score (nSPS) is 52.3. The zero-order valence-corrected chi connectivity index (χ0v) is 18.3. The van der Waals surface area contributed by atoms with Crippen molar-refractivity contribution in [3.05, 3.63) is 12.7 Å². The van der Waals surface area contributed by atoms with Gasteiger partial charge in [0.05, 0.1) is 26.4 Å². The number of hydrogen-bond donors (Lipinski definition) is 0. The van der Waals surface area contributed by atoms with E-state index in [1.807, 2.05) is 0 Å². The van der Waals surface area contributed by atoms with Crippen LogP contribution in [0.5, 0.6) is 0 Å². The van der Waals surface area contributed by atoms with Crippen molar-refractivity contribution in [2.45, 2.75) is 76.8 Å². The predicted octanol–water partition coefficient (Wildman–Crippen LogP) is 4.93.